The van der Waals surface area contributed by atoms with Crippen LogP contribution in [0.5, 0.6) is 0 Å². The zero-order chi connectivity index (χ0) is 9.97. The Bertz CT molecular complexity index is 379. The zero-order valence-corrected chi connectivity index (χ0v) is 7.34. The molecule has 0 amide bonds. The Labute approximate surface area is 81.0 Å². The lowest BCUT2D eigenvalue weighted by atomic mass is 10.1. The summed E-state index contributed by atoms with van der Waals surface area (Å²) >= 11 is 0. The number of nitrogens with zero attached hydrogens (tertiary/aromatic N) is 1. The monoisotopic (exact) mass is 190 g/mol. The fourth-order valence-corrected chi connectivity index (χ4v) is 1.31. The predicted molar refractivity (Wildman–Crippen MR) is 50.3 cm³/mol. The second-order valence-corrected chi connectivity index (χ2v) is 2.92. The van der Waals surface area contributed by atoms with Gasteiger partial charge in [-0.2, -0.15) is 0 Å². The molecular formula is C10H8NO3. The van der Waals surface area contributed by atoms with Crippen LogP contribution in [0.2, 0.25) is 0 Å². The maximum atomic E-state index is 10.5. The zero-order valence-electron chi connectivity index (χ0n) is 7.34. The Morgan fingerprint density at radius 1 is 1.43 bits per heavy atom. The highest BCUT2D eigenvalue weighted by Crippen LogP contribution is 2.27. The van der Waals surface area contributed by atoms with Gasteiger partial charge in [-0.1, -0.05) is 12.1 Å². The van der Waals surface area contributed by atoms with Gasteiger partial charge in [-0.15, -0.1) is 0 Å². The van der Waals surface area contributed by atoms with Crippen molar-refractivity contribution in [3.8, 4) is 0 Å². The van der Waals surface area contributed by atoms with Gasteiger partial charge in [-0.3, -0.25) is 10.1 Å². The minimum atomic E-state index is -0.410. The minimum Gasteiger partial charge on any atom is -0.486 e. The van der Waals surface area contributed by atoms with Gasteiger partial charge in [-0.05, 0) is 6.08 Å². The molecule has 0 atom stereocenters. The van der Waals surface area contributed by atoms with Crippen LogP contribution in [0.3, 0.4) is 0 Å². The van der Waals surface area contributed by atoms with E-state index in [9.17, 15) is 10.1 Å². The quantitative estimate of drug-likeness (QED) is 0.531. The van der Waals surface area contributed by atoms with E-state index in [0.29, 0.717) is 6.42 Å². The Hall–Kier alpha value is -1.84. The summed E-state index contributed by atoms with van der Waals surface area (Å²) in [6, 6.07) is 6.44. The maximum absolute atomic E-state index is 10.5. The summed E-state index contributed by atoms with van der Waals surface area (Å²) in [7, 11) is 0. The summed E-state index contributed by atoms with van der Waals surface area (Å²) in [5.74, 6) is 0. The van der Waals surface area contributed by atoms with Crippen LogP contribution < -0.4 is 0 Å². The standard InChI is InChI=1S/C10H8NO3/c12-11(13)9-4-1-3-8(7-9)10-5-2-6-14-10/h1-4,6-7H,5H2. The molecule has 4 heteroatoms. The van der Waals surface area contributed by atoms with Crippen molar-refractivity contribution in [2.24, 2.45) is 0 Å². The summed E-state index contributed by atoms with van der Waals surface area (Å²) in [6.07, 6.45) is 4.91. The lowest BCUT2D eigenvalue weighted by Crippen LogP contribution is -1.97. The van der Waals surface area contributed by atoms with Crippen molar-refractivity contribution in [2.75, 3.05) is 0 Å². The number of nitro benzene ring substituents is 1. The van der Waals surface area contributed by atoms with E-state index < -0.39 is 4.92 Å². The van der Waals surface area contributed by atoms with Crippen molar-refractivity contribution in [3.05, 3.63) is 58.4 Å². The third kappa shape index (κ3) is 1.59. The molecule has 2 rings (SSSR count). The van der Waals surface area contributed by atoms with E-state index in [2.05, 4.69) is 0 Å². The number of hydrogen-bond acceptors (Lipinski definition) is 3. The predicted octanol–water partition coefficient (Wildman–Crippen LogP) is 2.41. The fourth-order valence-electron chi connectivity index (χ4n) is 1.31. The smallest absolute Gasteiger partial charge is 0.269 e. The van der Waals surface area contributed by atoms with E-state index in [1.807, 2.05) is 6.08 Å². The molecule has 1 aliphatic heterocycles. The molecule has 0 saturated carbocycles. The van der Waals surface area contributed by atoms with Gasteiger partial charge in [0.2, 0.25) is 0 Å². The summed E-state index contributed by atoms with van der Waals surface area (Å²) in [5, 5.41) is 10.5. The molecule has 0 aromatic heterocycles. The van der Waals surface area contributed by atoms with Crippen molar-refractivity contribution in [1.82, 2.24) is 0 Å². The molecule has 0 bridgehead atoms. The van der Waals surface area contributed by atoms with Gasteiger partial charge in [0.05, 0.1) is 11.2 Å². The largest absolute Gasteiger partial charge is 0.486 e. The highest BCUT2D eigenvalue weighted by Gasteiger charge is 2.18. The molecule has 71 valence electrons. The first kappa shape index (κ1) is 8.74. The molecule has 0 N–H and O–H groups in total. The van der Waals surface area contributed by atoms with Gasteiger partial charge in [-0.25, -0.2) is 0 Å². The Kier molecular flexibility index (Phi) is 2.18. The second-order valence-electron chi connectivity index (χ2n) is 2.92. The number of hydrogen-bond donors (Lipinski definition) is 0. The first-order valence-corrected chi connectivity index (χ1v) is 4.20. The van der Waals surface area contributed by atoms with Crippen LogP contribution >= 0.6 is 0 Å². The maximum Gasteiger partial charge on any atom is 0.269 e. The van der Waals surface area contributed by atoms with Crippen molar-refractivity contribution in [1.29, 1.82) is 0 Å². The van der Waals surface area contributed by atoms with Gasteiger partial charge >= 0.3 is 0 Å². The van der Waals surface area contributed by atoms with Crippen molar-refractivity contribution >= 4 is 5.69 Å². The third-order valence-electron chi connectivity index (χ3n) is 1.99. The van der Waals surface area contributed by atoms with Crippen LogP contribution in [-0.2, 0) is 4.74 Å². The van der Waals surface area contributed by atoms with E-state index >= 15 is 0 Å². The molecule has 1 heterocycles. The molecule has 14 heavy (non-hydrogen) atoms. The average molecular weight is 190 g/mol. The molecule has 0 aliphatic carbocycles. The van der Waals surface area contributed by atoms with Gasteiger partial charge in [0, 0.05) is 24.1 Å². The van der Waals surface area contributed by atoms with E-state index in [4.69, 9.17) is 4.74 Å². The number of non-ortho nitro benzene ring substituents is 1. The lowest BCUT2D eigenvalue weighted by molar-refractivity contribution is -0.384. The van der Waals surface area contributed by atoms with Crippen LogP contribution in [0.25, 0.3) is 0 Å². The van der Waals surface area contributed by atoms with Crippen molar-refractivity contribution < 1.29 is 9.66 Å². The Morgan fingerprint density at radius 2 is 2.29 bits per heavy atom. The van der Waals surface area contributed by atoms with Crippen molar-refractivity contribution in [3.63, 3.8) is 0 Å². The van der Waals surface area contributed by atoms with Crippen LogP contribution in [-0.4, -0.2) is 4.92 Å². The van der Waals surface area contributed by atoms with Crippen molar-refractivity contribution in [2.45, 2.75) is 6.42 Å². The normalized spacial score (nSPS) is 15.4. The summed E-state index contributed by atoms with van der Waals surface area (Å²) < 4.78 is 5.19. The average Bonchev–Trinajstić information content (AvgIpc) is 2.71. The summed E-state index contributed by atoms with van der Waals surface area (Å²) in [5.41, 5.74) is 0.856. The Morgan fingerprint density at radius 3 is 2.93 bits per heavy atom. The molecule has 0 spiro atoms. The van der Waals surface area contributed by atoms with Crippen LogP contribution in [0, 0.1) is 16.2 Å². The van der Waals surface area contributed by atoms with Gasteiger partial charge < -0.3 is 4.74 Å². The van der Waals surface area contributed by atoms with E-state index in [0.717, 1.165) is 11.7 Å². The number of ether oxygens (including phenoxy) is 1. The van der Waals surface area contributed by atoms with E-state index in [1.54, 1.807) is 18.4 Å². The molecular weight excluding hydrogens is 182 g/mol. The molecule has 1 aromatic rings. The van der Waals surface area contributed by atoms with E-state index in [-0.39, 0.29) is 5.69 Å². The molecule has 1 aromatic carbocycles. The number of nitro groups is 1. The molecule has 0 fully saturated rings. The SMILES string of the molecule is O=[N+]([O-])c1cccc([C]2CC=CO2)c1. The number of rotatable bonds is 2. The minimum absolute atomic E-state index is 0.0884. The van der Waals surface area contributed by atoms with Gasteiger partial charge in [0.1, 0.15) is 0 Å². The first-order chi connectivity index (χ1) is 6.77. The van der Waals surface area contributed by atoms with Crippen LogP contribution in [0.4, 0.5) is 5.69 Å². The van der Waals surface area contributed by atoms with Crippen LogP contribution in [0.1, 0.15) is 12.0 Å². The molecule has 0 saturated heterocycles. The lowest BCUT2D eigenvalue weighted by Gasteiger charge is -2.07. The third-order valence-corrected chi connectivity index (χ3v) is 1.99. The second kappa shape index (κ2) is 3.49. The molecule has 1 aliphatic rings. The van der Waals surface area contributed by atoms with E-state index in [1.165, 1.54) is 12.1 Å². The molecule has 0 unspecified atom stereocenters. The Balaban J connectivity index is 2.26. The van der Waals surface area contributed by atoms with Gasteiger partial charge in [0.15, 0.2) is 6.10 Å². The summed E-state index contributed by atoms with van der Waals surface area (Å²) in [6.45, 7) is 0. The van der Waals surface area contributed by atoms with Gasteiger partial charge in [0.25, 0.3) is 5.69 Å². The molecule has 1 radical (unpaired) electrons. The first-order valence-electron chi connectivity index (χ1n) is 4.20. The highest BCUT2D eigenvalue weighted by atomic mass is 16.6. The topological polar surface area (TPSA) is 52.4 Å². The summed E-state index contributed by atoms with van der Waals surface area (Å²) in [4.78, 5) is 10.1. The van der Waals surface area contributed by atoms with Crippen LogP contribution in [0.15, 0.2) is 36.6 Å². The fraction of sp³-hybridized carbons (Fsp3) is 0.100. The highest BCUT2D eigenvalue weighted by molar-refractivity contribution is 5.40. The molecule has 4 nitrogen and oxygen atoms in total. The number of benzene rings is 1.